The van der Waals surface area contributed by atoms with Crippen molar-refractivity contribution in [2.45, 2.75) is 64.3 Å². The molecule has 0 radical (unpaired) electrons. The molecule has 2 N–H and O–H groups in total. The summed E-state index contributed by atoms with van der Waals surface area (Å²) in [4.78, 5) is 69.7. The van der Waals surface area contributed by atoms with Gasteiger partial charge in [0.15, 0.2) is 0 Å². The molecule has 2 aliphatic heterocycles. The van der Waals surface area contributed by atoms with Crippen LogP contribution in [0.25, 0.3) is 0 Å². The van der Waals surface area contributed by atoms with Gasteiger partial charge in [0, 0.05) is 71.9 Å². The Labute approximate surface area is 272 Å². The molecule has 12 nitrogen and oxygen atoms in total. The predicted molar refractivity (Wildman–Crippen MR) is 178 cm³/mol. The first-order valence-electron chi connectivity index (χ1n) is 15.4. The van der Waals surface area contributed by atoms with Crippen molar-refractivity contribution in [1.29, 1.82) is 0 Å². The van der Waals surface area contributed by atoms with Crippen molar-refractivity contribution in [3.05, 3.63) is 95.2 Å². The Kier molecular flexibility index (Phi) is 7.82. The van der Waals surface area contributed by atoms with Gasteiger partial charge in [0.2, 0.25) is 11.8 Å². The van der Waals surface area contributed by atoms with Gasteiger partial charge in [0.1, 0.15) is 17.5 Å². The molecule has 0 bridgehead atoms. The van der Waals surface area contributed by atoms with E-state index in [4.69, 9.17) is 0 Å². The molecule has 4 amide bonds. The van der Waals surface area contributed by atoms with E-state index in [2.05, 4.69) is 30.6 Å². The zero-order chi connectivity index (χ0) is 33.7. The Morgan fingerprint density at radius 2 is 1.43 bits per heavy atom. The summed E-state index contributed by atoms with van der Waals surface area (Å²) in [5.74, 6) is 1.06. The number of hydrogen-bond donors (Lipinski definition) is 2. The van der Waals surface area contributed by atoms with Crippen molar-refractivity contribution in [3.63, 3.8) is 0 Å². The van der Waals surface area contributed by atoms with Gasteiger partial charge in [-0.1, -0.05) is 6.07 Å². The minimum Gasteiger partial charge on any atom is -0.308 e. The maximum Gasteiger partial charge on any atom is 0.256 e. The van der Waals surface area contributed by atoms with E-state index in [1.165, 1.54) is 4.90 Å². The second kappa shape index (κ2) is 11.7. The molecule has 4 aromatic rings. The van der Waals surface area contributed by atoms with Crippen LogP contribution in [0.15, 0.2) is 67.3 Å². The van der Waals surface area contributed by atoms with Crippen LogP contribution in [0.3, 0.4) is 0 Å². The van der Waals surface area contributed by atoms with E-state index in [0.29, 0.717) is 28.6 Å². The van der Waals surface area contributed by atoms with Crippen LogP contribution in [0.1, 0.15) is 78.1 Å². The number of likely N-dealkylation sites (N-methyl/N-ethyl adjacent to an activating group) is 1. The van der Waals surface area contributed by atoms with Crippen molar-refractivity contribution in [2.75, 3.05) is 27.5 Å². The van der Waals surface area contributed by atoms with E-state index in [0.717, 1.165) is 35.3 Å². The molecule has 6 heterocycles. The molecule has 12 heteroatoms. The lowest BCUT2D eigenvalue weighted by molar-refractivity contribution is -0.122. The normalized spacial score (nSPS) is 17.0. The van der Waals surface area contributed by atoms with Crippen molar-refractivity contribution in [2.24, 2.45) is 0 Å². The van der Waals surface area contributed by atoms with Crippen molar-refractivity contribution < 1.29 is 19.2 Å². The zero-order valence-electron chi connectivity index (χ0n) is 27.2. The third-order valence-corrected chi connectivity index (χ3v) is 8.77. The first kappa shape index (κ1) is 31.5. The molecule has 7 rings (SSSR count). The highest BCUT2D eigenvalue weighted by molar-refractivity contribution is 6.10. The quantitative estimate of drug-likeness (QED) is 0.318. The van der Waals surface area contributed by atoms with E-state index < -0.39 is 10.8 Å². The number of nitrogens with zero attached hydrogens (tertiary/aromatic N) is 6. The van der Waals surface area contributed by atoms with Gasteiger partial charge in [0.25, 0.3) is 11.8 Å². The number of fused-ring (bicyclic) bond motifs is 2. The van der Waals surface area contributed by atoms with Gasteiger partial charge in [-0.2, -0.15) is 0 Å². The van der Waals surface area contributed by atoms with Crippen LogP contribution in [-0.4, -0.2) is 56.7 Å². The molecule has 0 unspecified atom stereocenters. The summed E-state index contributed by atoms with van der Waals surface area (Å²) in [6, 6.07) is 12.3. The maximum atomic E-state index is 12.7. The fourth-order valence-corrected chi connectivity index (χ4v) is 5.87. The Bertz CT molecular complexity index is 1920. The molecule has 1 aliphatic carbocycles. The second-order valence-corrected chi connectivity index (χ2v) is 13.0. The van der Waals surface area contributed by atoms with Crippen LogP contribution in [0, 0.1) is 6.92 Å². The van der Waals surface area contributed by atoms with E-state index in [1.54, 1.807) is 68.2 Å². The van der Waals surface area contributed by atoms with Gasteiger partial charge in [-0.3, -0.25) is 34.0 Å². The maximum absolute atomic E-state index is 12.7. The molecule has 240 valence electrons. The molecule has 4 aromatic heterocycles. The molecular weight excluding hydrogens is 596 g/mol. The van der Waals surface area contributed by atoms with Gasteiger partial charge in [-0.25, -0.2) is 9.97 Å². The summed E-state index contributed by atoms with van der Waals surface area (Å²) < 4.78 is 0. The van der Waals surface area contributed by atoms with Gasteiger partial charge in [-0.05, 0) is 77.8 Å². The highest BCUT2D eigenvalue weighted by Gasteiger charge is 2.49. The van der Waals surface area contributed by atoms with E-state index in [-0.39, 0.29) is 29.7 Å². The van der Waals surface area contributed by atoms with Crippen molar-refractivity contribution in [3.8, 4) is 0 Å². The molecule has 0 aromatic carbocycles. The first-order chi connectivity index (χ1) is 22.3. The largest absolute Gasteiger partial charge is 0.308 e. The third kappa shape index (κ3) is 5.82. The Balaban J connectivity index is 0.000000165. The van der Waals surface area contributed by atoms with Crippen LogP contribution in [-0.2, 0) is 20.4 Å². The Morgan fingerprint density at radius 1 is 0.787 bits per heavy atom. The van der Waals surface area contributed by atoms with Crippen LogP contribution >= 0.6 is 0 Å². The van der Waals surface area contributed by atoms with Gasteiger partial charge < -0.3 is 15.5 Å². The summed E-state index contributed by atoms with van der Waals surface area (Å²) in [5.41, 5.74) is 3.29. The minimum absolute atomic E-state index is 0.00626. The fourth-order valence-electron chi connectivity index (χ4n) is 5.87. The standard InChI is InChI=1S/C18H18N4O2.C17H18N4O2/c1-18(2)13-10-20-15(21-16(23)11-5-7-19-8-6-11)9-14(13)22(17(18)24)12-3-4-12;1-10-9-11(7-8-18-10)15(22)20-13-6-5-12-14(19-13)21(4)16(23)17(12,2)3/h5-10,12H,3-4H2,1-2H3,(H,20,21,23);5-9H,1-4H3,(H,19,20,22). The van der Waals surface area contributed by atoms with Crippen molar-refractivity contribution >= 4 is 46.8 Å². The molecule has 1 fully saturated rings. The van der Waals surface area contributed by atoms with Crippen LogP contribution in [0.5, 0.6) is 0 Å². The highest BCUT2D eigenvalue weighted by Crippen LogP contribution is 2.47. The fraction of sp³-hybridized carbons (Fsp3) is 0.314. The summed E-state index contributed by atoms with van der Waals surface area (Å²) in [6.45, 7) is 9.42. The average Bonchev–Trinajstić information content (AvgIpc) is 3.84. The number of anilines is 4. The van der Waals surface area contributed by atoms with Crippen LogP contribution in [0.2, 0.25) is 0 Å². The lowest BCUT2D eigenvalue weighted by Crippen LogP contribution is -2.37. The summed E-state index contributed by atoms with van der Waals surface area (Å²) in [6.07, 6.45) is 8.50. The summed E-state index contributed by atoms with van der Waals surface area (Å²) in [7, 11) is 1.70. The van der Waals surface area contributed by atoms with Crippen LogP contribution in [0.4, 0.5) is 23.1 Å². The summed E-state index contributed by atoms with van der Waals surface area (Å²) in [5, 5.41) is 5.56. The van der Waals surface area contributed by atoms with Gasteiger partial charge in [0.05, 0.1) is 16.5 Å². The molecule has 3 aliphatic rings. The monoisotopic (exact) mass is 632 g/mol. The molecule has 47 heavy (non-hydrogen) atoms. The number of amides is 4. The molecular formula is C35H36N8O4. The molecule has 0 atom stereocenters. The highest BCUT2D eigenvalue weighted by atomic mass is 16.2. The smallest absolute Gasteiger partial charge is 0.256 e. The topological polar surface area (TPSA) is 150 Å². The van der Waals surface area contributed by atoms with Gasteiger partial charge >= 0.3 is 0 Å². The number of hydrogen-bond acceptors (Lipinski definition) is 8. The first-order valence-corrected chi connectivity index (χ1v) is 15.4. The number of carbonyl (C=O) groups is 4. The molecule has 0 saturated heterocycles. The lowest BCUT2D eigenvalue weighted by atomic mass is 9.87. The lowest BCUT2D eigenvalue weighted by Gasteiger charge is -2.19. The number of aromatic nitrogens is 4. The molecule has 1 saturated carbocycles. The van der Waals surface area contributed by atoms with Crippen LogP contribution < -0.4 is 20.4 Å². The number of aryl methyl sites for hydroxylation is 1. The number of nitrogens with one attached hydrogen (secondary N) is 2. The SMILES string of the molecule is CC1(C)C(=O)N(C2CC2)c2cc(NC(=O)c3ccncc3)ncc21.Cc1cc(C(=O)Nc2ccc3c(n2)N(C)C(=O)C3(C)C)ccn1. The number of pyridine rings is 4. The van der Waals surface area contributed by atoms with Crippen molar-refractivity contribution in [1.82, 2.24) is 19.9 Å². The van der Waals surface area contributed by atoms with E-state index >= 15 is 0 Å². The molecule has 0 spiro atoms. The third-order valence-electron chi connectivity index (χ3n) is 8.77. The Hall–Kier alpha value is -5.52. The number of carbonyl (C=O) groups excluding carboxylic acids is 4. The Morgan fingerprint density at radius 3 is 2.11 bits per heavy atom. The zero-order valence-corrected chi connectivity index (χ0v) is 27.2. The van der Waals surface area contributed by atoms with Gasteiger partial charge in [-0.15, -0.1) is 0 Å². The average molecular weight is 633 g/mol. The van der Waals surface area contributed by atoms with E-state index in [9.17, 15) is 19.2 Å². The van der Waals surface area contributed by atoms with E-state index in [1.807, 2.05) is 45.6 Å². The predicted octanol–water partition coefficient (Wildman–Crippen LogP) is 4.81. The summed E-state index contributed by atoms with van der Waals surface area (Å²) >= 11 is 0. The minimum atomic E-state index is -0.595. The number of rotatable bonds is 5. The second-order valence-electron chi connectivity index (χ2n) is 13.0.